The smallest absolute Gasteiger partial charge is 0.487 e. The van der Waals surface area contributed by atoms with E-state index in [2.05, 4.69) is 9.84 Å². The van der Waals surface area contributed by atoms with Crippen molar-refractivity contribution in [3.05, 3.63) is 59.8 Å². The van der Waals surface area contributed by atoms with E-state index in [-0.39, 0.29) is 19.0 Å². The van der Waals surface area contributed by atoms with Crippen LogP contribution >= 0.6 is 0 Å². The highest BCUT2D eigenvalue weighted by atomic mass is 19.4. The quantitative estimate of drug-likeness (QED) is 0.279. The molecule has 0 radical (unpaired) electrons. The first-order valence-corrected chi connectivity index (χ1v) is 12.9. The monoisotopic (exact) mass is 564 g/mol. The van der Waals surface area contributed by atoms with Crippen molar-refractivity contribution in [2.24, 2.45) is 7.05 Å². The van der Waals surface area contributed by atoms with Gasteiger partial charge in [0.15, 0.2) is 5.60 Å². The lowest BCUT2D eigenvalue weighted by molar-refractivity contribution is -0.274. The minimum absolute atomic E-state index is 0.215. The second-order valence-electron chi connectivity index (χ2n) is 9.59. The Morgan fingerprint density at radius 1 is 1.00 bits per heavy atom. The van der Waals surface area contributed by atoms with Gasteiger partial charge in [-0.3, -0.25) is 4.68 Å². The fourth-order valence-electron chi connectivity index (χ4n) is 3.72. The molecule has 40 heavy (non-hydrogen) atoms. The van der Waals surface area contributed by atoms with E-state index in [1.165, 1.54) is 37.1 Å². The van der Waals surface area contributed by atoms with Crippen LogP contribution in [0.1, 0.15) is 44.9 Å². The van der Waals surface area contributed by atoms with Crippen LogP contribution in [0.25, 0.3) is 11.3 Å². The van der Waals surface area contributed by atoms with E-state index in [0.29, 0.717) is 22.8 Å². The second kappa shape index (κ2) is 13.6. The van der Waals surface area contributed by atoms with E-state index in [1.54, 1.807) is 56.8 Å². The van der Waals surface area contributed by atoms with Gasteiger partial charge in [0.25, 0.3) is 0 Å². The lowest BCUT2D eigenvalue weighted by atomic mass is 10.1. The maximum atomic E-state index is 12.3. The van der Waals surface area contributed by atoms with Crippen LogP contribution in [0.5, 0.6) is 17.2 Å². The van der Waals surface area contributed by atoms with Gasteiger partial charge in [0, 0.05) is 25.8 Å². The molecule has 1 aromatic heterocycles. The number of alkyl halides is 3. The molecule has 0 bridgehead atoms. The van der Waals surface area contributed by atoms with Gasteiger partial charge in [-0.1, -0.05) is 0 Å². The van der Waals surface area contributed by atoms with E-state index < -0.39 is 17.9 Å². The van der Waals surface area contributed by atoms with Crippen molar-refractivity contribution < 1.29 is 41.7 Å². The Kier molecular flexibility index (Phi) is 10.4. The third-order valence-corrected chi connectivity index (χ3v) is 5.85. The standard InChI is InChI=1S/C25H27F3N2O5.C4H8O/c1-6-32-23(31)24(3,4)35-22-12-11-20(13-16(22)2)33-15-18-14-21(29-30(18)5)17-7-9-19(10-8-17)34-25(26,27)28;1-2-4-5-3-1/h7-14H,6,15H2,1-5H3;1-4H2. The van der Waals surface area contributed by atoms with Crippen molar-refractivity contribution >= 4 is 5.97 Å². The number of carbonyl (C=O) groups excluding carboxylic acids is 1. The lowest BCUT2D eigenvalue weighted by Gasteiger charge is -2.25. The first-order valence-electron chi connectivity index (χ1n) is 12.9. The molecule has 11 heteroatoms. The number of carbonyl (C=O) groups is 1. The van der Waals surface area contributed by atoms with Crippen LogP contribution in [0.3, 0.4) is 0 Å². The van der Waals surface area contributed by atoms with Crippen molar-refractivity contribution in [2.75, 3.05) is 19.8 Å². The largest absolute Gasteiger partial charge is 0.573 e. The molecule has 1 aliphatic rings. The molecule has 2 aromatic carbocycles. The molecule has 0 amide bonds. The molecule has 2 heterocycles. The number of nitrogens with zero attached hydrogens (tertiary/aromatic N) is 2. The molecule has 0 spiro atoms. The maximum absolute atomic E-state index is 12.3. The first kappa shape index (κ1) is 30.8. The average Bonchev–Trinajstić information content (AvgIpc) is 3.58. The van der Waals surface area contributed by atoms with E-state index in [1.807, 2.05) is 6.92 Å². The van der Waals surface area contributed by atoms with Crippen LogP contribution in [0.2, 0.25) is 0 Å². The summed E-state index contributed by atoms with van der Waals surface area (Å²) in [6.45, 7) is 9.35. The van der Waals surface area contributed by atoms with Gasteiger partial charge in [-0.2, -0.15) is 5.10 Å². The summed E-state index contributed by atoms with van der Waals surface area (Å²) >= 11 is 0. The fraction of sp³-hybridized carbons (Fsp3) is 0.448. The minimum atomic E-state index is -4.74. The predicted molar refractivity (Wildman–Crippen MR) is 142 cm³/mol. The van der Waals surface area contributed by atoms with Gasteiger partial charge in [0.1, 0.15) is 23.9 Å². The molecular formula is C29H35F3N2O6. The Morgan fingerprint density at radius 3 is 2.20 bits per heavy atom. The molecule has 0 atom stereocenters. The Hall–Kier alpha value is -3.73. The lowest BCUT2D eigenvalue weighted by Crippen LogP contribution is -2.39. The SMILES string of the molecule is C1CCOC1.CCOC(=O)C(C)(C)Oc1ccc(OCc2cc(-c3ccc(OC(F)(F)F)cc3)nn2C)cc1C. The molecule has 0 saturated carbocycles. The number of aromatic nitrogens is 2. The zero-order chi connectivity index (χ0) is 29.3. The summed E-state index contributed by atoms with van der Waals surface area (Å²) in [6.07, 6.45) is -2.18. The van der Waals surface area contributed by atoms with Gasteiger partial charge >= 0.3 is 12.3 Å². The summed E-state index contributed by atoms with van der Waals surface area (Å²) in [5.41, 5.74) is 1.64. The Balaban J connectivity index is 0.000000792. The highest BCUT2D eigenvalue weighted by Gasteiger charge is 2.32. The predicted octanol–water partition coefficient (Wildman–Crippen LogP) is 6.39. The molecule has 4 rings (SSSR count). The molecule has 1 fully saturated rings. The molecule has 1 aliphatic heterocycles. The van der Waals surface area contributed by atoms with Gasteiger partial charge in [-0.15, -0.1) is 13.2 Å². The molecule has 0 unspecified atom stereocenters. The topological polar surface area (TPSA) is 81.0 Å². The van der Waals surface area contributed by atoms with E-state index >= 15 is 0 Å². The Bertz CT molecular complexity index is 1240. The molecule has 0 aliphatic carbocycles. The summed E-state index contributed by atoms with van der Waals surface area (Å²) in [7, 11) is 1.75. The molecule has 3 aromatic rings. The van der Waals surface area contributed by atoms with Crippen LogP contribution in [0.15, 0.2) is 48.5 Å². The highest BCUT2D eigenvalue weighted by molar-refractivity contribution is 5.79. The normalized spacial score (nSPS) is 13.3. The van der Waals surface area contributed by atoms with Gasteiger partial charge in [0.05, 0.1) is 18.0 Å². The number of ether oxygens (including phenoxy) is 5. The van der Waals surface area contributed by atoms with Crippen LogP contribution < -0.4 is 14.2 Å². The van der Waals surface area contributed by atoms with Crippen molar-refractivity contribution in [1.29, 1.82) is 0 Å². The average molecular weight is 565 g/mol. The second-order valence-corrected chi connectivity index (χ2v) is 9.59. The van der Waals surface area contributed by atoms with Gasteiger partial charge < -0.3 is 23.7 Å². The third kappa shape index (κ3) is 9.18. The number of benzene rings is 2. The fourth-order valence-corrected chi connectivity index (χ4v) is 3.72. The molecular weight excluding hydrogens is 529 g/mol. The van der Waals surface area contributed by atoms with Gasteiger partial charge in [0.2, 0.25) is 0 Å². The van der Waals surface area contributed by atoms with Crippen molar-refractivity contribution in [3.8, 4) is 28.5 Å². The van der Waals surface area contributed by atoms with Crippen LogP contribution in [-0.2, 0) is 27.9 Å². The van der Waals surface area contributed by atoms with E-state index in [9.17, 15) is 18.0 Å². The number of esters is 1. The van der Waals surface area contributed by atoms with Crippen LogP contribution in [0, 0.1) is 6.92 Å². The summed E-state index contributed by atoms with van der Waals surface area (Å²) < 4.78 is 64.3. The van der Waals surface area contributed by atoms with Crippen molar-refractivity contribution in [1.82, 2.24) is 9.78 Å². The molecule has 0 N–H and O–H groups in total. The van der Waals surface area contributed by atoms with Gasteiger partial charge in [-0.25, -0.2) is 4.79 Å². The Labute approximate surface area is 231 Å². The van der Waals surface area contributed by atoms with Crippen molar-refractivity contribution in [2.45, 2.75) is 59.1 Å². The summed E-state index contributed by atoms with van der Waals surface area (Å²) in [4.78, 5) is 12.1. The zero-order valence-corrected chi connectivity index (χ0v) is 23.3. The van der Waals surface area contributed by atoms with Crippen LogP contribution in [0.4, 0.5) is 13.2 Å². The maximum Gasteiger partial charge on any atom is 0.573 e. The summed E-state index contributed by atoms with van der Waals surface area (Å²) in [5, 5.41) is 4.41. The number of hydrogen-bond acceptors (Lipinski definition) is 7. The third-order valence-electron chi connectivity index (χ3n) is 5.85. The zero-order valence-electron chi connectivity index (χ0n) is 23.3. The van der Waals surface area contributed by atoms with Gasteiger partial charge in [-0.05, 0) is 94.6 Å². The minimum Gasteiger partial charge on any atom is -0.487 e. The summed E-state index contributed by atoms with van der Waals surface area (Å²) in [6, 6.07) is 12.6. The summed E-state index contributed by atoms with van der Waals surface area (Å²) in [5.74, 6) is 0.389. The number of hydrogen-bond donors (Lipinski definition) is 0. The number of rotatable bonds is 9. The number of aryl methyl sites for hydroxylation is 2. The molecule has 1 saturated heterocycles. The van der Waals surface area contributed by atoms with E-state index in [0.717, 1.165) is 24.5 Å². The Morgan fingerprint density at radius 2 is 1.65 bits per heavy atom. The van der Waals surface area contributed by atoms with Crippen molar-refractivity contribution in [3.63, 3.8) is 0 Å². The highest BCUT2D eigenvalue weighted by Crippen LogP contribution is 2.29. The number of halogens is 3. The molecule has 218 valence electrons. The van der Waals surface area contributed by atoms with Crippen LogP contribution in [-0.4, -0.2) is 47.5 Å². The molecule has 8 nitrogen and oxygen atoms in total. The first-order chi connectivity index (χ1) is 18.9. The van der Waals surface area contributed by atoms with E-state index in [4.69, 9.17) is 18.9 Å².